The SMILES string of the molecule is CC1(C)Cc2c(Br)cccc2C(c2cnn3ccccc23)=N1. The van der Waals surface area contributed by atoms with Gasteiger partial charge in [0.05, 0.1) is 23.0 Å². The van der Waals surface area contributed by atoms with Crippen molar-refractivity contribution >= 4 is 27.2 Å². The van der Waals surface area contributed by atoms with Gasteiger partial charge in [0.15, 0.2) is 0 Å². The summed E-state index contributed by atoms with van der Waals surface area (Å²) in [6.45, 7) is 4.36. The van der Waals surface area contributed by atoms with E-state index in [1.165, 1.54) is 11.1 Å². The van der Waals surface area contributed by atoms with Crippen molar-refractivity contribution in [2.45, 2.75) is 25.8 Å². The van der Waals surface area contributed by atoms with Gasteiger partial charge in [-0.05, 0) is 44.0 Å². The highest BCUT2D eigenvalue weighted by Gasteiger charge is 2.29. The van der Waals surface area contributed by atoms with Gasteiger partial charge >= 0.3 is 0 Å². The molecule has 0 amide bonds. The summed E-state index contributed by atoms with van der Waals surface area (Å²) in [5, 5.41) is 4.46. The van der Waals surface area contributed by atoms with Gasteiger partial charge in [-0.2, -0.15) is 5.10 Å². The van der Waals surface area contributed by atoms with Crippen molar-refractivity contribution in [2.24, 2.45) is 4.99 Å². The van der Waals surface area contributed by atoms with Gasteiger partial charge in [0.25, 0.3) is 0 Å². The molecule has 0 radical (unpaired) electrons. The Balaban J connectivity index is 2.01. The molecule has 3 aromatic rings. The Morgan fingerprint density at radius 3 is 2.82 bits per heavy atom. The number of aliphatic imine (C=N–C) groups is 1. The number of benzene rings is 1. The molecule has 4 heteroatoms. The van der Waals surface area contributed by atoms with Gasteiger partial charge in [-0.3, -0.25) is 4.99 Å². The van der Waals surface area contributed by atoms with E-state index in [1.54, 1.807) is 0 Å². The van der Waals surface area contributed by atoms with E-state index < -0.39 is 0 Å². The zero-order chi connectivity index (χ0) is 15.3. The molecule has 0 atom stereocenters. The van der Waals surface area contributed by atoms with Gasteiger partial charge in [-0.25, -0.2) is 4.52 Å². The van der Waals surface area contributed by atoms with Gasteiger partial charge < -0.3 is 0 Å². The monoisotopic (exact) mass is 353 g/mol. The fourth-order valence-corrected chi connectivity index (χ4v) is 3.62. The fraction of sp³-hybridized carbons (Fsp3) is 0.222. The lowest BCUT2D eigenvalue weighted by Crippen LogP contribution is -2.29. The molecule has 1 aromatic carbocycles. The lowest BCUT2D eigenvalue weighted by atomic mass is 9.85. The number of halogens is 1. The summed E-state index contributed by atoms with van der Waals surface area (Å²) in [5.74, 6) is 0. The second kappa shape index (κ2) is 4.78. The molecule has 0 bridgehead atoms. The third-order valence-corrected chi connectivity index (χ3v) is 4.82. The molecule has 3 nitrogen and oxygen atoms in total. The smallest absolute Gasteiger partial charge is 0.0766 e. The Kier molecular flexibility index (Phi) is 2.98. The zero-order valence-corrected chi connectivity index (χ0v) is 14.1. The Hall–Kier alpha value is -1.94. The highest BCUT2D eigenvalue weighted by molar-refractivity contribution is 9.10. The summed E-state index contributed by atoms with van der Waals surface area (Å²) in [7, 11) is 0. The molecule has 0 fully saturated rings. The lowest BCUT2D eigenvalue weighted by molar-refractivity contribution is 0.512. The maximum atomic E-state index is 5.03. The van der Waals surface area contributed by atoms with E-state index in [1.807, 2.05) is 29.0 Å². The average molecular weight is 354 g/mol. The minimum Gasteiger partial charge on any atom is -0.278 e. The first kappa shape index (κ1) is 13.7. The molecule has 22 heavy (non-hydrogen) atoms. The van der Waals surface area contributed by atoms with E-state index in [-0.39, 0.29) is 5.54 Å². The summed E-state index contributed by atoms with van der Waals surface area (Å²) in [5.41, 5.74) is 5.63. The largest absolute Gasteiger partial charge is 0.278 e. The van der Waals surface area contributed by atoms with E-state index in [0.717, 1.165) is 27.7 Å². The van der Waals surface area contributed by atoms with Crippen LogP contribution in [-0.2, 0) is 6.42 Å². The van der Waals surface area contributed by atoms with Crippen LogP contribution in [0.5, 0.6) is 0 Å². The summed E-state index contributed by atoms with van der Waals surface area (Å²) < 4.78 is 3.05. The number of nitrogens with zero attached hydrogens (tertiary/aromatic N) is 3. The topological polar surface area (TPSA) is 29.7 Å². The Bertz CT molecular complexity index is 906. The molecular formula is C18H16BrN3. The van der Waals surface area contributed by atoms with E-state index in [2.05, 4.69) is 59.1 Å². The molecule has 4 rings (SSSR count). The number of hydrogen-bond acceptors (Lipinski definition) is 2. The first-order valence-electron chi connectivity index (χ1n) is 7.35. The predicted molar refractivity (Wildman–Crippen MR) is 92.8 cm³/mol. The summed E-state index contributed by atoms with van der Waals surface area (Å²) in [6, 6.07) is 12.4. The van der Waals surface area contributed by atoms with Gasteiger partial charge in [-0.1, -0.05) is 34.1 Å². The number of aromatic nitrogens is 2. The van der Waals surface area contributed by atoms with Gasteiger partial charge in [0.2, 0.25) is 0 Å². The van der Waals surface area contributed by atoms with Crippen LogP contribution in [0.1, 0.15) is 30.5 Å². The molecule has 2 aromatic heterocycles. The summed E-state index contributed by atoms with van der Waals surface area (Å²) >= 11 is 3.70. The molecule has 0 aliphatic carbocycles. The first-order chi connectivity index (χ1) is 10.6. The quantitative estimate of drug-likeness (QED) is 0.642. The highest BCUT2D eigenvalue weighted by atomic mass is 79.9. The molecule has 0 unspecified atom stereocenters. The molecule has 1 aliphatic rings. The number of rotatable bonds is 1. The van der Waals surface area contributed by atoms with Crippen molar-refractivity contribution in [2.75, 3.05) is 0 Å². The van der Waals surface area contributed by atoms with Crippen molar-refractivity contribution in [3.8, 4) is 0 Å². The summed E-state index contributed by atoms with van der Waals surface area (Å²) in [6.07, 6.45) is 4.82. The molecule has 3 heterocycles. The van der Waals surface area contributed by atoms with Gasteiger partial charge in [0, 0.05) is 21.8 Å². The van der Waals surface area contributed by atoms with E-state index in [9.17, 15) is 0 Å². The average Bonchev–Trinajstić information content (AvgIpc) is 2.91. The Morgan fingerprint density at radius 1 is 1.09 bits per heavy atom. The van der Waals surface area contributed by atoms with Gasteiger partial charge in [0.1, 0.15) is 0 Å². The minimum absolute atomic E-state index is 0.116. The number of fused-ring (bicyclic) bond motifs is 2. The predicted octanol–water partition coefficient (Wildman–Crippen LogP) is 4.27. The maximum Gasteiger partial charge on any atom is 0.0766 e. The Morgan fingerprint density at radius 2 is 1.95 bits per heavy atom. The van der Waals surface area contributed by atoms with Crippen LogP contribution < -0.4 is 0 Å². The lowest BCUT2D eigenvalue weighted by Gasteiger charge is -2.29. The Labute approximate surface area is 137 Å². The van der Waals surface area contributed by atoms with Crippen molar-refractivity contribution in [1.29, 1.82) is 0 Å². The van der Waals surface area contributed by atoms with E-state index in [4.69, 9.17) is 4.99 Å². The van der Waals surface area contributed by atoms with Crippen LogP contribution in [0.15, 0.2) is 58.3 Å². The molecule has 110 valence electrons. The van der Waals surface area contributed by atoms with Crippen LogP contribution in [0.2, 0.25) is 0 Å². The molecule has 0 N–H and O–H groups in total. The van der Waals surface area contributed by atoms with Crippen molar-refractivity contribution in [3.63, 3.8) is 0 Å². The fourth-order valence-electron chi connectivity index (χ4n) is 3.12. The second-order valence-electron chi connectivity index (χ2n) is 6.30. The zero-order valence-electron chi connectivity index (χ0n) is 12.5. The first-order valence-corrected chi connectivity index (χ1v) is 8.15. The summed E-state index contributed by atoms with van der Waals surface area (Å²) in [4.78, 5) is 5.03. The molecule has 0 saturated heterocycles. The van der Waals surface area contributed by atoms with Crippen LogP contribution in [-0.4, -0.2) is 20.9 Å². The molecule has 0 saturated carbocycles. The van der Waals surface area contributed by atoms with Gasteiger partial charge in [-0.15, -0.1) is 0 Å². The van der Waals surface area contributed by atoms with Crippen molar-refractivity contribution in [3.05, 3.63) is 70.0 Å². The third kappa shape index (κ3) is 2.10. The standard InChI is InChI=1S/C18H16BrN3/c1-18(2)10-13-12(6-5-7-15(13)19)17(21-18)14-11-20-22-9-4-3-8-16(14)22/h3-9,11H,10H2,1-2H3. The number of pyridine rings is 1. The second-order valence-corrected chi connectivity index (χ2v) is 7.16. The maximum absolute atomic E-state index is 5.03. The van der Waals surface area contributed by atoms with Crippen LogP contribution in [0.25, 0.3) is 5.52 Å². The highest BCUT2D eigenvalue weighted by Crippen LogP contribution is 2.34. The normalized spacial score (nSPS) is 16.4. The van der Waals surface area contributed by atoms with E-state index in [0.29, 0.717) is 0 Å². The van der Waals surface area contributed by atoms with Crippen LogP contribution in [0.4, 0.5) is 0 Å². The molecular weight excluding hydrogens is 338 g/mol. The van der Waals surface area contributed by atoms with Crippen LogP contribution >= 0.6 is 15.9 Å². The number of hydrogen-bond donors (Lipinski definition) is 0. The van der Waals surface area contributed by atoms with Crippen LogP contribution in [0.3, 0.4) is 0 Å². The molecule has 0 spiro atoms. The van der Waals surface area contributed by atoms with E-state index >= 15 is 0 Å². The third-order valence-electron chi connectivity index (χ3n) is 4.08. The van der Waals surface area contributed by atoms with Crippen molar-refractivity contribution in [1.82, 2.24) is 9.61 Å². The molecule has 1 aliphatic heterocycles. The minimum atomic E-state index is -0.116. The van der Waals surface area contributed by atoms with Crippen LogP contribution in [0, 0.1) is 0 Å². The van der Waals surface area contributed by atoms with Crippen molar-refractivity contribution < 1.29 is 0 Å².